The molecular weight excluding hydrogens is 292 g/mol. The van der Waals surface area contributed by atoms with Gasteiger partial charge in [0.25, 0.3) is 0 Å². The monoisotopic (exact) mass is 312 g/mol. The molecule has 1 aromatic carbocycles. The summed E-state index contributed by atoms with van der Waals surface area (Å²) in [5.74, 6) is -2.88. The maximum atomic E-state index is 11.8. The van der Waals surface area contributed by atoms with E-state index in [9.17, 15) is 9.59 Å². The molecule has 2 unspecified atom stereocenters. The van der Waals surface area contributed by atoms with Gasteiger partial charge in [-0.3, -0.25) is 9.59 Å². The van der Waals surface area contributed by atoms with Gasteiger partial charge >= 0.3 is 11.9 Å². The quantitative estimate of drug-likeness (QED) is 0.587. The molecule has 1 aromatic rings. The van der Waals surface area contributed by atoms with Crippen molar-refractivity contribution in [3.8, 4) is 0 Å². The maximum Gasteiger partial charge on any atom is 0.320 e. The lowest BCUT2D eigenvalue weighted by Crippen LogP contribution is -2.28. The van der Waals surface area contributed by atoms with Gasteiger partial charge in [0.05, 0.1) is 6.10 Å². The van der Waals surface area contributed by atoms with E-state index in [2.05, 4.69) is 0 Å². The standard InChI is InChI=1S/C16H21ClO4/c1-3-11(2)21-16(20)14(15(18)19)9-5-7-12-6-4-8-13(17)10-12/h4,6,8,10-11,14H,3,5,7,9H2,1-2H3,(H,18,19). The first-order valence-electron chi connectivity index (χ1n) is 7.11. The van der Waals surface area contributed by atoms with Gasteiger partial charge in [0.1, 0.15) is 0 Å². The van der Waals surface area contributed by atoms with Crippen LogP contribution in [-0.2, 0) is 20.7 Å². The van der Waals surface area contributed by atoms with Crippen LogP contribution in [0.25, 0.3) is 0 Å². The summed E-state index contributed by atoms with van der Waals surface area (Å²) in [6.07, 6.45) is 1.94. The Labute approximate surface area is 130 Å². The highest BCUT2D eigenvalue weighted by Gasteiger charge is 2.28. The number of ether oxygens (including phenoxy) is 1. The Morgan fingerprint density at radius 1 is 1.38 bits per heavy atom. The summed E-state index contributed by atoms with van der Waals surface area (Å²) < 4.78 is 5.10. The lowest BCUT2D eigenvalue weighted by Gasteiger charge is -2.15. The summed E-state index contributed by atoms with van der Waals surface area (Å²) in [4.78, 5) is 23.0. The molecule has 1 N–H and O–H groups in total. The number of carboxylic acid groups (broad SMARTS) is 1. The van der Waals surface area contributed by atoms with E-state index < -0.39 is 17.9 Å². The normalized spacial score (nSPS) is 13.5. The zero-order valence-electron chi connectivity index (χ0n) is 12.3. The van der Waals surface area contributed by atoms with Gasteiger partial charge in [-0.05, 0) is 50.3 Å². The second kappa shape index (κ2) is 8.67. The first-order valence-corrected chi connectivity index (χ1v) is 7.49. The molecule has 0 radical (unpaired) electrons. The highest BCUT2D eigenvalue weighted by molar-refractivity contribution is 6.30. The van der Waals surface area contributed by atoms with Crippen molar-refractivity contribution < 1.29 is 19.4 Å². The van der Waals surface area contributed by atoms with Crippen LogP contribution in [0, 0.1) is 5.92 Å². The number of esters is 1. The minimum absolute atomic E-state index is 0.257. The van der Waals surface area contributed by atoms with Crippen LogP contribution in [0.5, 0.6) is 0 Å². The first kappa shape index (κ1) is 17.5. The van der Waals surface area contributed by atoms with Gasteiger partial charge < -0.3 is 9.84 Å². The van der Waals surface area contributed by atoms with E-state index >= 15 is 0 Å². The van der Waals surface area contributed by atoms with Crippen molar-refractivity contribution in [3.63, 3.8) is 0 Å². The molecule has 0 heterocycles. The molecule has 0 aliphatic heterocycles. The molecule has 2 atom stereocenters. The topological polar surface area (TPSA) is 63.6 Å². The Balaban J connectivity index is 2.51. The molecule has 1 rings (SSSR count). The van der Waals surface area contributed by atoms with Gasteiger partial charge in [-0.2, -0.15) is 0 Å². The van der Waals surface area contributed by atoms with Gasteiger partial charge in [0.15, 0.2) is 5.92 Å². The molecule has 0 saturated carbocycles. The molecule has 0 aromatic heterocycles. The van der Waals surface area contributed by atoms with Crippen molar-refractivity contribution in [2.24, 2.45) is 5.92 Å². The third-order valence-corrected chi connectivity index (χ3v) is 3.56. The molecule has 0 aliphatic carbocycles. The summed E-state index contributed by atoms with van der Waals surface area (Å²) in [6, 6.07) is 7.41. The molecule has 5 heteroatoms. The molecule has 0 fully saturated rings. The molecular formula is C16H21ClO4. The van der Waals surface area contributed by atoms with E-state index in [1.165, 1.54) is 0 Å². The van der Waals surface area contributed by atoms with Gasteiger partial charge in [-0.25, -0.2) is 0 Å². The van der Waals surface area contributed by atoms with Gasteiger partial charge in [-0.1, -0.05) is 30.7 Å². The van der Waals surface area contributed by atoms with Gasteiger partial charge in [0.2, 0.25) is 0 Å². The molecule has 0 spiro atoms. The molecule has 21 heavy (non-hydrogen) atoms. The number of rotatable bonds is 8. The van der Waals surface area contributed by atoms with Crippen molar-refractivity contribution in [1.29, 1.82) is 0 Å². The fourth-order valence-corrected chi connectivity index (χ4v) is 2.12. The Hall–Kier alpha value is -1.55. The molecule has 116 valence electrons. The predicted molar refractivity (Wildman–Crippen MR) is 81.4 cm³/mol. The lowest BCUT2D eigenvalue weighted by atomic mass is 9.99. The van der Waals surface area contributed by atoms with E-state index in [1.807, 2.05) is 25.1 Å². The Morgan fingerprint density at radius 2 is 2.10 bits per heavy atom. The summed E-state index contributed by atoms with van der Waals surface area (Å²) in [7, 11) is 0. The fourth-order valence-electron chi connectivity index (χ4n) is 1.91. The molecule has 4 nitrogen and oxygen atoms in total. The Morgan fingerprint density at radius 3 is 2.67 bits per heavy atom. The van der Waals surface area contributed by atoms with E-state index in [1.54, 1.807) is 13.0 Å². The summed E-state index contributed by atoms with van der Waals surface area (Å²) >= 11 is 5.89. The number of carbonyl (C=O) groups excluding carboxylic acids is 1. The number of carbonyl (C=O) groups is 2. The number of hydrogen-bond acceptors (Lipinski definition) is 3. The largest absolute Gasteiger partial charge is 0.481 e. The lowest BCUT2D eigenvalue weighted by molar-refractivity contribution is -0.162. The number of hydrogen-bond donors (Lipinski definition) is 1. The van der Waals surface area contributed by atoms with E-state index in [0.29, 0.717) is 24.3 Å². The number of aryl methyl sites for hydroxylation is 1. The van der Waals surface area contributed by atoms with E-state index in [4.69, 9.17) is 21.4 Å². The van der Waals surface area contributed by atoms with Crippen molar-refractivity contribution >= 4 is 23.5 Å². The van der Waals surface area contributed by atoms with Crippen LogP contribution < -0.4 is 0 Å². The van der Waals surface area contributed by atoms with E-state index in [0.717, 1.165) is 5.56 Å². The summed E-state index contributed by atoms with van der Waals surface area (Å²) in [5, 5.41) is 9.80. The number of carboxylic acids is 1. The van der Waals surface area contributed by atoms with Crippen LogP contribution in [0.15, 0.2) is 24.3 Å². The third-order valence-electron chi connectivity index (χ3n) is 3.32. The van der Waals surface area contributed by atoms with Crippen LogP contribution in [0.2, 0.25) is 5.02 Å². The zero-order valence-corrected chi connectivity index (χ0v) is 13.1. The number of halogens is 1. The first-order chi connectivity index (χ1) is 9.93. The van der Waals surface area contributed by atoms with Crippen LogP contribution in [0.4, 0.5) is 0 Å². The SMILES string of the molecule is CCC(C)OC(=O)C(CCCc1cccc(Cl)c1)C(=O)O. The van der Waals surface area contributed by atoms with Crippen LogP contribution in [0.3, 0.4) is 0 Å². The van der Waals surface area contributed by atoms with Crippen molar-refractivity contribution in [2.75, 3.05) is 0 Å². The molecule has 0 bridgehead atoms. The van der Waals surface area contributed by atoms with Gasteiger partial charge in [0, 0.05) is 5.02 Å². The second-order valence-electron chi connectivity index (χ2n) is 5.07. The smallest absolute Gasteiger partial charge is 0.320 e. The maximum absolute atomic E-state index is 11.8. The number of aliphatic carboxylic acids is 1. The van der Waals surface area contributed by atoms with E-state index in [-0.39, 0.29) is 12.5 Å². The molecule has 0 aliphatic rings. The Bertz CT molecular complexity index is 487. The minimum atomic E-state index is -1.13. The number of benzene rings is 1. The third kappa shape index (κ3) is 6.17. The van der Waals surface area contributed by atoms with Crippen LogP contribution in [0.1, 0.15) is 38.7 Å². The van der Waals surface area contributed by atoms with Gasteiger partial charge in [-0.15, -0.1) is 0 Å². The second-order valence-corrected chi connectivity index (χ2v) is 5.51. The van der Waals surface area contributed by atoms with Crippen molar-refractivity contribution in [1.82, 2.24) is 0 Å². The summed E-state index contributed by atoms with van der Waals surface area (Å²) in [5.41, 5.74) is 1.03. The van der Waals surface area contributed by atoms with Crippen LogP contribution >= 0.6 is 11.6 Å². The molecule has 0 saturated heterocycles. The van der Waals surface area contributed by atoms with Crippen LogP contribution in [-0.4, -0.2) is 23.1 Å². The average Bonchev–Trinajstić information content (AvgIpc) is 2.42. The average molecular weight is 313 g/mol. The fraction of sp³-hybridized carbons (Fsp3) is 0.500. The highest BCUT2D eigenvalue weighted by Crippen LogP contribution is 2.17. The molecule has 0 amide bonds. The van der Waals surface area contributed by atoms with Crippen molar-refractivity contribution in [2.45, 2.75) is 45.6 Å². The summed E-state index contributed by atoms with van der Waals surface area (Å²) in [6.45, 7) is 3.63. The predicted octanol–water partition coefficient (Wildman–Crippen LogP) is 3.71. The highest BCUT2D eigenvalue weighted by atomic mass is 35.5. The zero-order chi connectivity index (χ0) is 15.8. The minimum Gasteiger partial charge on any atom is -0.481 e. The van der Waals surface area contributed by atoms with Crippen molar-refractivity contribution in [3.05, 3.63) is 34.9 Å². The Kier molecular flexibility index (Phi) is 7.23.